The fraction of sp³-hybridized carbons (Fsp3) is 0.211. The van der Waals surface area contributed by atoms with Gasteiger partial charge in [0.2, 0.25) is 0 Å². The van der Waals surface area contributed by atoms with Crippen LogP contribution in [-0.2, 0) is 20.7 Å². The van der Waals surface area contributed by atoms with Crippen molar-refractivity contribution in [2.45, 2.75) is 12.8 Å². The van der Waals surface area contributed by atoms with Crippen molar-refractivity contribution in [2.75, 3.05) is 12.9 Å². The number of hydrogen-bond acceptors (Lipinski definition) is 4. The molecular formula is C19H19FN2O3S. The third kappa shape index (κ3) is 4.56. The Hall–Kier alpha value is -2.51. The predicted octanol–water partition coefficient (Wildman–Crippen LogP) is 3.79. The SMILES string of the molecule is CS(=O)(=O)OCCCc1[nH]cc(-c2ccc(F)cc2)c1-c1ccncc1. The van der Waals surface area contributed by atoms with Gasteiger partial charge in [0.1, 0.15) is 5.82 Å². The van der Waals surface area contributed by atoms with E-state index in [1.165, 1.54) is 12.1 Å². The van der Waals surface area contributed by atoms with Gasteiger partial charge >= 0.3 is 0 Å². The lowest BCUT2D eigenvalue weighted by atomic mass is 9.96. The summed E-state index contributed by atoms with van der Waals surface area (Å²) in [6, 6.07) is 10.1. The lowest BCUT2D eigenvalue weighted by molar-refractivity contribution is 0.315. The van der Waals surface area contributed by atoms with E-state index in [4.69, 9.17) is 4.18 Å². The van der Waals surface area contributed by atoms with Gasteiger partial charge in [-0.25, -0.2) is 4.39 Å². The first-order chi connectivity index (χ1) is 12.4. The van der Waals surface area contributed by atoms with Crippen molar-refractivity contribution in [1.82, 2.24) is 9.97 Å². The molecule has 2 heterocycles. The van der Waals surface area contributed by atoms with Crippen LogP contribution in [-0.4, -0.2) is 31.2 Å². The van der Waals surface area contributed by atoms with Gasteiger partial charge in [0.25, 0.3) is 10.1 Å². The molecule has 3 rings (SSSR count). The lowest BCUT2D eigenvalue weighted by Gasteiger charge is -2.09. The largest absolute Gasteiger partial charge is 0.364 e. The fourth-order valence-electron chi connectivity index (χ4n) is 2.83. The van der Waals surface area contributed by atoms with Gasteiger partial charge in [-0.15, -0.1) is 0 Å². The maximum atomic E-state index is 13.3. The van der Waals surface area contributed by atoms with Crippen LogP contribution in [0.25, 0.3) is 22.3 Å². The van der Waals surface area contributed by atoms with Gasteiger partial charge in [-0.2, -0.15) is 8.42 Å². The number of pyridine rings is 1. The molecular weight excluding hydrogens is 355 g/mol. The molecule has 0 unspecified atom stereocenters. The molecule has 0 saturated carbocycles. The van der Waals surface area contributed by atoms with Crippen molar-refractivity contribution < 1.29 is 17.0 Å². The second-order valence-corrected chi connectivity index (χ2v) is 7.57. The van der Waals surface area contributed by atoms with E-state index in [-0.39, 0.29) is 12.4 Å². The molecule has 136 valence electrons. The van der Waals surface area contributed by atoms with Gasteiger partial charge < -0.3 is 4.98 Å². The normalized spacial score (nSPS) is 11.6. The predicted molar refractivity (Wildman–Crippen MR) is 98.5 cm³/mol. The van der Waals surface area contributed by atoms with E-state index in [0.717, 1.165) is 34.2 Å². The Morgan fingerprint density at radius 2 is 1.77 bits per heavy atom. The number of aryl methyl sites for hydroxylation is 1. The molecule has 0 fully saturated rings. The summed E-state index contributed by atoms with van der Waals surface area (Å²) in [6.07, 6.45) is 7.52. The van der Waals surface area contributed by atoms with E-state index >= 15 is 0 Å². The number of hydrogen-bond donors (Lipinski definition) is 1. The number of rotatable bonds is 7. The van der Waals surface area contributed by atoms with Crippen molar-refractivity contribution >= 4 is 10.1 Å². The number of H-pyrrole nitrogens is 1. The van der Waals surface area contributed by atoms with E-state index in [2.05, 4.69) is 9.97 Å². The quantitative estimate of drug-likeness (QED) is 0.504. The van der Waals surface area contributed by atoms with E-state index in [9.17, 15) is 12.8 Å². The van der Waals surface area contributed by atoms with Crippen LogP contribution in [0.2, 0.25) is 0 Å². The number of aromatic nitrogens is 2. The Morgan fingerprint density at radius 3 is 2.42 bits per heavy atom. The van der Waals surface area contributed by atoms with Gasteiger partial charge in [-0.05, 0) is 48.2 Å². The van der Waals surface area contributed by atoms with Gasteiger partial charge in [-0.3, -0.25) is 9.17 Å². The minimum absolute atomic E-state index is 0.125. The lowest BCUT2D eigenvalue weighted by Crippen LogP contribution is -2.05. The van der Waals surface area contributed by atoms with Crippen molar-refractivity contribution in [3.63, 3.8) is 0 Å². The molecule has 0 atom stereocenters. The summed E-state index contributed by atoms with van der Waals surface area (Å²) in [5.74, 6) is -0.284. The smallest absolute Gasteiger partial charge is 0.264 e. The highest BCUT2D eigenvalue weighted by atomic mass is 32.2. The van der Waals surface area contributed by atoms with Gasteiger partial charge in [-0.1, -0.05) is 12.1 Å². The molecule has 26 heavy (non-hydrogen) atoms. The molecule has 3 aromatic rings. The van der Waals surface area contributed by atoms with E-state index < -0.39 is 10.1 Å². The second kappa shape index (κ2) is 7.80. The monoisotopic (exact) mass is 374 g/mol. The number of nitrogens with zero attached hydrogens (tertiary/aromatic N) is 1. The summed E-state index contributed by atoms with van der Waals surface area (Å²) in [6.45, 7) is 0.125. The van der Waals surface area contributed by atoms with E-state index in [0.29, 0.717) is 12.8 Å². The van der Waals surface area contributed by atoms with Crippen LogP contribution in [0.1, 0.15) is 12.1 Å². The molecule has 1 aromatic carbocycles. The van der Waals surface area contributed by atoms with Crippen LogP contribution in [0.4, 0.5) is 4.39 Å². The summed E-state index contributed by atoms with van der Waals surface area (Å²) >= 11 is 0. The first-order valence-electron chi connectivity index (χ1n) is 8.15. The van der Waals surface area contributed by atoms with Crippen molar-refractivity contribution in [2.24, 2.45) is 0 Å². The van der Waals surface area contributed by atoms with Crippen molar-refractivity contribution in [3.05, 3.63) is 66.5 Å². The van der Waals surface area contributed by atoms with E-state index in [1.54, 1.807) is 24.5 Å². The topological polar surface area (TPSA) is 72.1 Å². The Bertz CT molecular complexity index is 968. The maximum absolute atomic E-state index is 13.3. The summed E-state index contributed by atoms with van der Waals surface area (Å²) in [5.41, 5.74) is 4.80. The molecule has 1 N–H and O–H groups in total. The summed E-state index contributed by atoms with van der Waals surface area (Å²) in [7, 11) is -3.44. The first kappa shape index (κ1) is 18.3. The molecule has 0 aliphatic carbocycles. The molecule has 0 spiro atoms. The Morgan fingerprint density at radius 1 is 1.08 bits per heavy atom. The van der Waals surface area contributed by atoms with E-state index in [1.807, 2.05) is 18.3 Å². The number of nitrogens with one attached hydrogen (secondary N) is 1. The maximum Gasteiger partial charge on any atom is 0.264 e. The Balaban J connectivity index is 1.91. The van der Waals surface area contributed by atoms with Crippen molar-refractivity contribution in [3.8, 4) is 22.3 Å². The highest BCUT2D eigenvalue weighted by Crippen LogP contribution is 2.35. The van der Waals surface area contributed by atoms with Gasteiger partial charge in [0, 0.05) is 35.4 Å². The molecule has 0 aliphatic heterocycles. The highest BCUT2D eigenvalue weighted by molar-refractivity contribution is 7.85. The molecule has 0 bridgehead atoms. The summed E-state index contributed by atoms with van der Waals surface area (Å²) < 4.78 is 40.2. The van der Waals surface area contributed by atoms with Crippen molar-refractivity contribution in [1.29, 1.82) is 0 Å². The zero-order valence-corrected chi connectivity index (χ0v) is 15.1. The number of halogens is 1. The third-order valence-electron chi connectivity index (χ3n) is 3.95. The fourth-order valence-corrected chi connectivity index (χ4v) is 3.25. The van der Waals surface area contributed by atoms with Crippen LogP contribution < -0.4 is 0 Å². The molecule has 5 nitrogen and oxygen atoms in total. The molecule has 0 saturated heterocycles. The van der Waals surface area contributed by atoms with Crippen LogP contribution >= 0.6 is 0 Å². The first-order valence-corrected chi connectivity index (χ1v) is 9.97. The Labute approximate surface area is 152 Å². The second-order valence-electron chi connectivity index (χ2n) is 5.93. The minimum Gasteiger partial charge on any atom is -0.364 e. The third-order valence-corrected chi connectivity index (χ3v) is 4.55. The minimum atomic E-state index is -3.44. The zero-order chi connectivity index (χ0) is 18.6. The van der Waals surface area contributed by atoms with Gasteiger partial charge in [0.15, 0.2) is 0 Å². The van der Waals surface area contributed by atoms with Crippen LogP contribution in [0, 0.1) is 5.82 Å². The van der Waals surface area contributed by atoms with Crippen LogP contribution in [0.15, 0.2) is 55.0 Å². The van der Waals surface area contributed by atoms with Crippen LogP contribution in [0.3, 0.4) is 0 Å². The molecule has 0 amide bonds. The highest BCUT2D eigenvalue weighted by Gasteiger charge is 2.15. The molecule has 0 radical (unpaired) electrons. The molecule has 2 aromatic heterocycles. The van der Waals surface area contributed by atoms with Crippen LogP contribution in [0.5, 0.6) is 0 Å². The zero-order valence-electron chi connectivity index (χ0n) is 14.3. The van der Waals surface area contributed by atoms with Gasteiger partial charge in [0.05, 0.1) is 12.9 Å². The summed E-state index contributed by atoms with van der Waals surface area (Å²) in [5, 5.41) is 0. The number of benzene rings is 1. The Kier molecular flexibility index (Phi) is 5.49. The molecule has 0 aliphatic rings. The standard InChI is InChI=1S/C19H19FN2O3S/c1-26(23,24)25-12-2-3-18-19(15-8-10-21-11-9-15)17(13-22-18)14-4-6-16(20)7-5-14/h4-11,13,22H,2-3,12H2,1H3. The average molecular weight is 374 g/mol. The molecule has 7 heteroatoms. The summed E-state index contributed by atoms with van der Waals surface area (Å²) in [4.78, 5) is 7.32. The number of aromatic amines is 1. The average Bonchev–Trinajstić information content (AvgIpc) is 3.03.